The molecule has 0 bridgehead atoms. The summed E-state index contributed by atoms with van der Waals surface area (Å²) >= 11 is 0. The fourth-order valence-electron chi connectivity index (χ4n) is 2.91. The van der Waals surface area contributed by atoms with E-state index in [0.717, 1.165) is 37.4 Å². The highest BCUT2D eigenvalue weighted by Gasteiger charge is 2.41. The smallest absolute Gasteiger partial charge is 0.264 e. The molecule has 2 aliphatic rings. The van der Waals surface area contributed by atoms with Crippen LogP contribution >= 0.6 is 0 Å². The normalized spacial score (nSPS) is 41.5. The first-order valence-corrected chi connectivity index (χ1v) is 7.65. The van der Waals surface area contributed by atoms with Gasteiger partial charge < -0.3 is 0 Å². The van der Waals surface area contributed by atoms with Crippen molar-refractivity contribution < 1.29 is 12.6 Å². The third-order valence-corrected chi connectivity index (χ3v) is 4.38. The van der Waals surface area contributed by atoms with Crippen LogP contribution in [-0.2, 0) is 14.3 Å². The molecule has 0 aromatic carbocycles. The molecule has 4 atom stereocenters. The summed E-state index contributed by atoms with van der Waals surface area (Å²) in [6.07, 6.45) is 6.66. The maximum atomic E-state index is 11.0. The fourth-order valence-corrected chi connectivity index (χ4v) is 3.58. The van der Waals surface area contributed by atoms with Crippen molar-refractivity contribution in [1.82, 2.24) is 0 Å². The van der Waals surface area contributed by atoms with Crippen molar-refractivity contribution in [2.75, 3.05) is 6.26 Å². The molecule has 0 aromatic heterocycles. The molecule has 88 valence electrons. The van der Waals surface area contributed by atoms with Crippen molar-refractivity contribution in [2.45, 2.75) is 45.1 Å². The van der Waals surface area contributed by atoms with Gasteiger partial charge in [0.05, 0.1) is 12.4 Å². The topological polar surface area (TPSA) is 43.4 Å². The SMILES string of the molecule is C[C@@H]1C[C@@H]1C1CCCC(OS(C)(=O)=O)C1. The Morgan fingerprint density at radius 3 is 2.40 bits per heavy atom. The fraction of sp³-hybridized carbons (Fsp3) is 1.00. The van der Waals surface area contributed by atoms with Crippen LogP contribution < -0.4 is 0 Å². The molecule has 2 aliphatic carbocycles. The molecule has 0 radical (unpaired) electrons. The lowest BCUT2D eigenvalue weighted by molar-refractivity contribution is 0.121. The van der Waals surface area contributed by atoms with E-state index < -0.39 is 10.1 Å². The molecule has 15 heavy (non-hydrogen) atoms. The summed E-state index contributed by atoms with van der Waals surface area (Å²) in [5.41, 5.74) is 0. The lowest BCUT2D eigenvalue weighted by Gasteiger charge is -2.28. The molecular formula is C11H20O3S. The first-order valence-electron chi connectivity index (χ1n) is 5.84. The lowest BCUT2D eigenvalue weighted by atomic mass is 9.83. The minimum atomic E-state index is -3.27. The van der Waals surface area contributed by atoms with E-state index in [1.165, 1.54) is 12.8 Å². The quantitative estimate of drug-likeness (QED) is 0.700. The standard InChI is InChI=1S/C11H20O3S/c1-8-6-11(8)9-4-3-5-10(7-9)14-15(2,12)13/h8-11H,3-7H2,1-2H3/t8-,9?,10?,11+/m1/s1. The Labute approximate surface area is 92.3 Å². The summed E-state index contributed by atoms with van der Waals surface area (Å²) in [4.78, 5) is 0. The summed E-state index contributed by atoms with van der Waals surface area (Å²) in [5.74, 6) is 2.41. The second-order valence-corrected chi connectivity index (χ2v) is 6.83. The average Bonchev–Trinajstić information content (AvgIpc) is 2.80. The lowest BCUT2D eigenvalue weighted by Crippen LogP contribution is -2.26. The minimum Gasteiger partial charge on any atom is -0.267 e. The maximum Gasteiger partial charge on any atom is 0.264 e. The Kier molecular flexibility index (Phi) is 3.08. The Hall–Kier alpha value is -0.0900. The van der Waals surface area contributed by atoms with Crippen LogP contribution in [0.2, 0.25) is 0 Å². The molecule has 0 amide bonds. The molecular weight excluding hydrogens is 212 g/mol. The first-order chi connectivity index (χ1) is 6.96. The predicted octanol–water partition coefficient (Wildman–Crippen LogP) is 2.18. The van der Waals surface area contributed by atoms with E-state index in [1.807, 2.05) is 0 Å². The van der Waals surface area contributed by atoms with Crippen LogP contribution in [0.4, 0.5) is 0 Å². The Balaban J connectivity index is 1.87. The molecule has 0 saturated heterocycles. The average molecular weight is 232 g/mol. The van der Waals surface area contributed by atoms with Gasteiger partial charge in [0.25, 0.3) is 10.1 Å². The van der Waals surface area contributed by atoms with E-state index in [1.54, 1.807) is 0 Å². The van der Waals surface area contributed by atoms with Gasteiger partial charge in [0.1, 0.15) is 0 Å². The summed E-state index contributed by atoms with van der Waals surface area (Å²) in [7, 11) is -3.27. The number of rotatable bonds is 3. The van der Waals surface area contributed by atoms with Crippen molar-refractivity contribution in [3.8, 4) is 0 Å². The zero-order chi connectivity index (χ0) is 11.1. The van der Waals surface area contributed by atoms with E-state index in [0.29, 0.717) is 5.92 Å². The third kappa shape index (κ3) is 3.18. The van der Waals surface area contributed by atoms with Crippen LogP contribution in [0.25, 0.3) is 0 Å². The van der Waals surface area contributed by atoms with Crippen LogP contribution in [0, 0.1) is 17.8 Å². The van der Waals surface area contributed by atoms with E-state index in [4.69, 9.17) is 4.18 Å². The monoisotopic (exact) mass is 232 g/mol. The summed E-state index contributed by atoms with van der Waals surface area (Å²) in [5, 5.41) is 0. The van der Waals surface area contributed by atoms with Gasteiger partial charge in [-0.1, -0.05) is 13.3 Å². The molecule has 2 rings (SSSR count). The summed E-state index contributed by atoms with van der Waals surface area (Å²) in [6.45, 7) is 2.28. The van der Waals surface area contributed by atoms with E-state index in [9.17, 15) is 8.42 Å². The van der Waals surface area contributed by atoms with Gasteiger partial charge in [-0.2, -0.15) is 8.42 Å². The highest BCUT2D eigenvalue weighted by atomic mass is 32.2. The van der Waals surface area contributed by atoms with Gasteiger partial charge in [-0.05, 0) is 43.4 Å². The van der Waals surface area contributed by atoms with Gasteiger partial charge in [-0.25, -0.2) is 0 Å². The van der Waals surface area contributed by atoms with Gasteiger partial charge in [0.2, 0.25) is 0 Å². The molecule has 0 aromatic rings. The Bertz CT molecular complexity index is 323. The summed E-state index contributed by atoms with van der Waals surface area (Å²) in [6, 6.07) is 0. The van der Waals surface area contributed by atoms with Gasteiger partial charge in [0.15, 0.2) is 0 Å². The van der Waals surface area contributed by atoms with Gasteiger partial charge in [0, 0.05) is 0 Å². The van der Waals surface area contributed by atoms with Gasteiger partial charge >= 0.3 is 0 Å². The number of hydrogen-bond donors (Lipinski definition) is 0. The van der Waals surface area contributed by atoms with E-state index >= 15 is 0 Å². The largest absolute Gasteiger partial charge is 0.267 e. The molecule has 2 unspecified atom stereocenters. The second kappa shape index (κ2) is 4.06. The van der Waals surface area contributed by atoms with E-state index in [2.05, 4.69) is 6.92 Å². The van der Waals surface area contributed by atoms with E-state index in [-0.39, 0.29) is 6.10 Å². The highest BCUT2D eigenvalue weighted by Crippen LogP contribution is 2.49. The van der Waals surface area contributed by atoms with Crippen molar-refractivity contribution in [2.24, 2.45) is 17.8 Å². The zero-order valence-corrected chi connectivity index (χ0v) is 10.3. The highest BCUT2D eigenvalue weighted by molar-refractivity contribution is 7.86. The molecule has 0 heterocycles. The molecule has 3 nitrogen and oxygen atoms in total. The maximum absolute atomic E-state index is 11.0. The molecule has 0 aliphatic heterocycles. The van der Waals surface area contributed by atoms with Gasteiger partial charge in [-0.15, -0.1) is 0 Å². The van der Waals surface area contributed by atoms with Crippen molar-refractivity contribution in [3.05, 3.63) is 0 Å². The van der Waals surface area contributed by atoms with Crippen molar-refractivity contribution >= 4 is 10.1 Å². The van der Waals surface area contributed by atoms with Crippen LogP contribution in [0.5, 0.6) is 0 Å². The van der Waals surface area contributed by atoms with Gasteiger partial charge in [-0.3, -0.25) is 4.18 Å². The van der Waals surface area contributed by atoms with Crippen LogP contribution in [0.15, 0.2) is 0 Å². The van der Waals surface area contributed by atoms with Crippen LogP contribution in [0.1, 0.15) is 39.0 Å². The van der Waals surface area contributed by atoms with Crippen LogP contribution in [0.3, 0.4) is 0 Å². The number of hydrogen-bond acceptors (Lipinski definition) is 3. The predicted molar refractivity (Wildman–Crippen MR) is 58.9 cm³/mol. The molecule has 4 heteroatoms. The minimum absolute atomic E-state index is 0.0495. The first kappa shape index (κ1) is 11.4. The molecule has 0 N–H and O–H groups in total. The second-order valence-electron chi connectivity index (χ2n) is 5.23. The zero-order valence-electron chi connectivity index (χ0n) is 9.48. The molecule has 2 saturated carbocycles. The van der Waals surface area contributed by atoms with Crippen molar-refractivity contribution in [1.29, 1.82) is 0 Å². The Morgan fingerprint density at radius 2 is 1.87 bits per heavy atom. The Morgan fingerprint density at radius 1 is 1.20 bits per heavy atom. The van der Waals surface area contributed by atoms with Crippen LogP contribution in [-0.4, -0.2) is 20.8 Å². The molecule has 2 fully saturated rings. The van der Waals surface area contributed by atoms with Crippen molar-refractivity contribution in [3.63, 3.8) is 0 Å². The summed E-state index contributed by atoms with van der Waals surface area (Å²) < 4.78 is 27.2. The third-order valence-electron chi connectivity index (χ3n) is 3.75. The molecule has 0 spiro atoms.